The highest BCUT2D eigenvalue weighted by molar-refractivity contribution is 7.98. The summed E-state index contributed by atoms with van der Waals surface area (Å²) in [6.07, 6.45) is 3.72. The Hall–Kier alpha value is -1.12. The molecule has 0 saturated heterocycles. The molecule has 0 aliphatic rings. The molecule has 0 fully saturated rings. The third-order valence-electron chi connectivity index (χ3n) is 2.39. The molecule has 5 heteroatoms. The maximum atomic E-state index is 12.7. The van der Waals surface area contributed by atoms with Crippen LogP contribution in [0.2, 0.25) is 0 Å². The molecule has 0 spiro atoms. The third-order valence-corrected chi connectivity index (χ3v) is 3.29. The predicted molar refractivity (Wildman–Crippen MR) is 80.3 cm³/mol. The zero-order valence-corrected chi connectivity index (χ0v) is 13.0. The zero-order chi connectivity index (χ0) is 16.0. The first-order valence-electron chi connectivity index (χ1n) is 6.01. The summed E-state index contributed by atoms with van der Waals surface area (Å²) in [6.45, 7) is 8.08. The summed E-state index contributed by atoms with van der Waals surface area (Å²) in [5, 5.41) is 0. The lowest BCUT2D eigenvalue weighted by molar-refractivity contribution is -0.138. The van der Waals surface area contributed by atoms with Crippen molar-refractivity contribution in [1.29, 1.82) is 0 Å². The van der Waals surface area contributed by atoms with E-state index in [1.165, 1.54) is 24.9 Å². The van der Waals surface area contributed by atoms with Gasteiger partial charge in [0.05, 0.1) is 5.56 Å². The van der Waals surface area contributed by atoms with Crippen molar-refractivity contribution in [3.05, 3.63) is 34.9 Å². The molecule has 20 heavy (non-hydrogen) atoms. The molecule has 1 N–H and O–H groups in total. The average Bonchev–Trinajstić information content (AvgIpc) is 2.31. The average molecular weight is 303 g/mol. The number of alkyl halides is 3. The largest absolute Gasteiger partial charge is 0.416 e. The minimum atomic E-state index is -4.28. The molecule has 0 radical (unpaired) electrons. The van der Waals surface area contributed by atoms with E-state index in [4.69, 9.17) is 0 Å². The Kier molecular flexibility index (Phi) is 7.18. The van der Waals surface area contributed by atoms with Crippen molar-refractivity contribution in [2.24, 2.45) is 0 Å². The summed E-state index contributed by atoms with van der Waals surface area (Å²) in [5.74, 6) is 0. The lowest BCUT2D eigenvalue weighted by atomic mass is 10.0. The molecule has 0 heterocycles. The predicted octanol–water partition coefficient (Wildman–Crippen LogP) is 4.80. The van der Waals surface area contributed by atoms with Gasteiger partial charge in [0.15, 0.2) is 0 Å². The van der Waals surface area contributed by atoms with Gasteiger partial charge >= 0.3 is 6.18 Å². The van der Waals surface area contributed by atoms with Crippen molar-refractivity contribution >= 4 is 11.9 Å². The van der Waals surface area contributed by atoms with E-state index >= 15 is 0 Å². The molecule has 0 atom stereocenters. The van der Waals surface area contributed by atoms with Crippen molar-refractivity contribution in [2.45, 2.75) is 45.2 Å². The number of rotatable bonds is 3. The molecule has 112 valence electrons. The highest BCUT2D eigenvalue weighted by atomic mass is 32.2. The van der Waals surface area contributed by atoms with Crippen LogP contribution in [0.5, 0.6) is 0 Å². The van der Waals surface area contributed by atoms with Crippen LogP contribution in [0.1, 0.15) is 37.5 Å². The van der Waals surface area contributed by atoms with E-state index in [0.717, 1.165) is 6.07 Å². The van der Waals surface area contributed by atoms with Crippen molar-refractivity contribution in [2.75, 3.05) is 0 Å². The van der Waals surface area contributed by atoms with E-state index in [0.29, 0.717) is 17.7 Å². The Morgan fingerprint density at radius 3 is 2.15 bits per heavy atom. The summed E-state index contributed by atoms with van der Waals surface area (Å²) in [4.78, 5) is 0. The molecule has 0 bridgehead atoms. The Labute approximate surface area is 123 Å². The van der Waals surface area contributed by atoms with E-state index in [-0.39, 0.29) is 4.75 Å². The minimum Gasteiger partial charge on any atom is -0.259 e. The molecule has 1 rings (SSSR count). The molecular weight excluding hydrogens is 283 g/mol. The van der Waals surface area contributed by atoms with E-state index in [1.807, 2.05) is 20.8 Å². The molecule has 0 aliphatic heterocycles. The van der Waals surface area contributed by atoms with Crippen molar-refractivity contribution in [3.63, 3.8) is 0 Å². The summed E-state index contributed by atoms with van der Waals surface area (Å²) < 4.78 is 41.3. The summed E-state index contributed by atoms with van der Waals surface area (Å²) >= 11 is 1.52. The van der Waals surface area contributed by atoms with Gasteiger partial charge in [0.25, 0.3) is 0 Å². The van der Waals surface area contributed by atoms with Gasteiger partial charge in [-0.25, -0.2) is 0 Å². The van der Waals surface area contributed by atoms with Crippen LogP contribution >= 0.6 is 11.9 Å². The first-order chi connectivity index (χ1) is 9.11. The Bertz CT molecular complexity index is 445. The maximum absolute atomic E-state index is 12.7. The highest BCUT2D eigenvalue weighted by Gasteiger charge is 2.32. The summed E-state index contributed by atoms with van der Waals surface area (Å²) in [5.41, 5.74) is 0.427. The fraction of sp³-hybridized carbons (Fsp3) is 0.467. The van der Waals surface area contributed by atoms with Crippen molar-refractivity contribution < 1.29 is 13.2 Å². The van der Waals surface area contributed by atoms with E-state index < -0.39 is 11.7 Å². The number of hydrogen-bond donors (Lipinski definition) is 1. The molecular formula is C15H20F3NS. The molecule has 1 nitrogen and oxygen atoms in total. The van der Waals surface area contributed by atoms with Gasteiger partial charge in [-0.1, -0.05) is 24.1 Å². The van der Waals surface area contributed by atoms with Gasteiger partial charge < -0.3 is 0 Å². The summed E-state index contributed by atoms with van der Waals surface area (Å²) in [6, 6.07) is 4.30. The Morgan fingerprint density at radius 2 is 1.70 bits per heavy atom. The maximum Gasteiger partial charge on any atom is 0.416 e. The second kappa shape index (κ2) is 7.61. The SMILES string of the molecule is C#C.Cc1c(CNSC(C)(C)C)cccc1C(F)(F)F. The van der Waals surface area contributed by atoms with Crippen molar-refractivity contribution in [1.82, 2.24) is 4.72 Å². The normalized spacial score (nSPS) is 11.7. The zero-order valence-electron chi connectivity index (χ0n) is 12.1. The van der Waals surface area contributed by atoms with Gasteiger partial charge in [0, 0.05) is 11.3 Å². The number of benzene rings is 1. The topological polar surface area (TPSA) is 12.0 Å². The van der Waals surface area contributed by atoms with Crippen LogP contribution in [0, 0.1) is 19.8 Å². The quantitative estimate of drug-likeness (QED) is 0.636. The van der Waals surface area contributed by atoms with Crippen LogP contribution in [-0.2, 0) is 12.7 Å². The third kappa shape index (κ3) is 6.36. The van der Waals surface area contributed by atoms with Gasteiger partial charge in [-0.2, -0.15) is 13.2 Å². The molecule has 1 aromatic carbocycles. The monoisotopic (exact) mass is 303 g/mol. The van der Waals surface area contributed by atoms with Crippen LogP contribution in [0.25, 0.3) is 0 Å². The minimum absolute atomic E-state index is 0.0372. The van der Waals surface area contributed by atoms with Crippen LogP contribution in [0.3, 0.4) is 0 Å². The second-order valence-corrected chi connectivity index (χ2v) is 6.84. The molecule has 1 aromatic rings. The number of terminal acetylenes is 1. The van der Waals surface area contributed by atoms with Crippen molar-refractivity contribution in [3.8, 4) is 12.8 Å². The lowest BCUT2D eigenvalue weighted by Gasteiger charge is -2.19. The van der Waals surface area contributed by atoms with Gasteiger partial charge in [-0.15, -0.1) is 12.8 Å². The van der Waals surface area contributed by atoms with Gasteiger partial charge in [-0.3, -0.25) is 4.72 Å². The fourth-order valence-electron chi connectivity index (χ4n) is 1.51. The lowest BCUT2D eigenvalue weighted by Crippen LogP contribution is -2.18. The smallest absolute Gasteiger partial charge is 0.259 e. The first kappa shape index (κ1) is 18.9. The molecule has 0 aliphatic carbocycles. The Balaban J connectivity index is 0.00000172. The van der Waals surface area contributed by atoms with Gasteiger partial charge in [0.1, 0.15) is 0 Å². The van der Waals surface area contributed by atoms with Crippen LogP contribution < -0.4 is 4.72 Å². The Morgan fingerprint density at radius 1 is 1.15 bits per heavy atom. The van der Waals surface area contributed by atoms with E-state index in [9.17, 15) is 13.2 Å². The molecule has 0 aromatic heterocycles. The highest BCUT2D eigenvalue weighted by Crippen LogP contribution is 2.33. The van der Waals surface area contributed by atoms with Crippen LogP contribution in [-0.4, -0.2) is 4.75 Å². The number of halogens is 3. The van der Waals surface area contributed by atoms with Crippen LogP contribution in [0.15, 0.2) is 18.2 Å². The van der Waals surface area contributed by atoms with E-state index in [1.54, 1.807) is 6.07 Å². The number of nitrogens with one attached hydrogen (secondary N) is 1. The standard InChI is InChI=1S/C13H18F3NS.C2H2/c1-9-10(8-17-18-12(2,3)4)6-5-7-11(9)13(14,15)16;1-2/h5-7,17H,8H2,1-4H3;1-2H. The first-order valence-corrected chi connectivity index (χ1v) is 6.83. The number of hydrogen-bond acceptors (Lipinski definition) is 2. The van der Waals surface area contributed by atoms with Gasteiger partial charge in [0.2, 0.25) is 0 Å². The van der Waals surface area contributed by atoms with Gasteiger partial charge in [-0.05, 0) is 44.9 Å². The second-order valence-electron chi connectivity index (χ2n) is 5.12. The van der Waals surface area contributed by atoms with E-state index in [2.05, 4.69) is 17.6 Å². The molecule has 0 saturated carbocycles. The fourth-order valence-corrected chi connectivity index (χ4v) is 2.17. The summed E-state index contributed by atoms with van der Waals surface area (Å²) in [7, 11) is 0. The molecule has 0 unspecified atom stereocenters. The van der Waals surface area contributed by atoms with Crippen LogP contribution in [0.4, 0.5) is 13.2 Å². The molecule has 0 amide bonds.